The molecule has 0 atom stereocenters. The van der Waals surface area contributed by atoms with Gasteiger partial charge >= 0.3 is 0 Å². The van der Waals surface area contributed by atoms with Crippen molar-refractivity contribution in [1.29, 1.82) is 5.26 Å². The fraction of sp³-hybridized carbons (Fsp3) is 0.125. The molecule has 21 heavy (non-hydrogen) atoms. The zero-order valence-corrected chi connectivity index (χ0v) is 12.8. The van der Waals surface area contributed by atoms with Crippen molar-refractivity contribution in [3.63, 3.8) is 0 Å². The van der Waals surface area contributed by atoms with E-state index in [0.29, 0.717) is 22.0 Å². The average Bonchev–Trinajstić information content (AvgIpc) is 2.79. The zero-order chi connectivity index (χ0) is 15.0. The van der Waals surface area contributed by atoms with Crippen molar-refractivity contribution < 1.29 is 0 Å². The van der Waals surface area contributed by atoms with Gasteiger partial charge in [0.1, 0.15) is 5.82 Å². The molecule has 0 aliphatic rings. The summed E-state index contributed by atoms with van der Waals surface area (Å²) in [6, 6.07) is 13.2. The first-order valence-electron chi connectivity index (χ1n) is 6.38. The number of imidazole rings is 1. The van der Waals surface area contributed by atoms with Crippen LogP contribution in [-0.4, -0.2) is 9.55 Å². The van der Waals surface area contributed by atoms with Crippen molar-refractivity contribution in [2.45, 2.75) is 6.42 Å². The predicted molar refractivity (Wildman–Crippen MR) is 84.7 cm³/mol. The Hall–Kier alpha value is -2.02. The maximum Gasteiger partial charge on any atom is 0.114 e. The number of fused-ring (bicyclic) bond motifs is 1. The number of aryl methyl sites for hydroxylation is 1. The molecule has 1 heterocycles. The summed E-state index contributed by atoms with van der Waals surface area (Å²) in [5, 5.41) is 10.1. The lowest BCUT2D eigenvalue weighted by atomic mass is 10.1. The Bertz CT molecular complexity index is 875. The number of benzene rings is 2. The SMILES string of the molecule is Cn1c(Cc2ccc(Cl)c(Cl)c2)nc2ccc(C#N)cc21. The number of halogens is 2. The van der Waals surface area contributed by atoms with Crippen LogP contribution in [0.15, 0.2) is 36.4 Å². The minimum absolute atomic E-state index is 0.541. The molecule has 0 amide bonds. The van der Waals surface area contributed by atoms with Gasteiger partial charge in [-0.3, -0.25) is 0 Å². The Morgan fingerprint density at radius 1 is 1.14 bits per heavy atom. The molecule has 104 valence electrons. The average molecular weight is 316 g/mol. The number of hydrogen-bond acceptors (Lipinski definition) is 2. The van der Waals surface area contributed by atoms with Gasteiger partial charge < -0.3 is 4.57 Å². The molecular formula is C16H11Cl2N3. The quantitative estimate of drug-likeness (QED) is 0.705. The van der Waals surface area contributed by atoms with Crippen molar-refractivity contribution >= 4 is 34.2 Å². The van der Waals surface area contributed by atoms with Crippen LogP contribution in [0.5, 0.6) is 0 Å². The van der Waals surface area contributed by atoms with Crippen LogP contribution in [0.25, 0.3) is 11.0 Å². The molecule has 1 aromatic heterocycles. The smallest absolute Gasteiger partial charge is 0.114 e. The van der Waals surface area contributed by atoms with Crippen LogP contribution in [0.3, 0.4) is 0 Å². The van der Waals surface area contributed by atoms with Crippen LogP contribution >= 0.6 is 23.2 Å². The molecule has 0 aliphatic carbocycles. The van der Waals surface area contributed by atoms with Crippen LogP contribution in [0.4, 0.5) is 0 Å². The highest BCUT2D eigenvalue weighted by Crippen LogP contribution is 2.24. The topological polar surface area (TPSA) is 41.6 Å². The molecule has 0 unspecified atom stereocenters. The summed E-state index contributed by atoms with van der Waals surface area (Å²) < 4.78 is 2.00. The molecule has 0 radical (unpaired) electrons. The highest BCUT2D eigenvalue weighted by molar-refractivity contribution is 6.42. The minimum atomic E-state index is 0.541. The minimum Gasteiger partial charge on any atom is -0.331 e. The van der Waals surface area contributed by atoms with Gasteiger partial charge in [-0.15, -0.1) is 0 Å². The lowest BCUT2D eigenvalue weighted by Gasteiger charge is -2.04. The summed E-state index contributed by atoms with van der Waals surface area (Å²) in [6.45, 7) is 0. The molecule has 0 aliphatic heterocycles. The highest BCUT2D eigenvalue weighted by atomic mass is 35.5. The number of rotatable bonds is 2. The lowest BCUT2D eigenvalue weighted by Crippen LogP contribution is -1.99. The molecule has 0 saturated heterocycles. The van der Waals surface area contributed by atoms with E-state index >= 15 is 0 Å². The van der Waals surface area contributed by atoms with Crippen LogP contribution in [0.1, 0.15) is 17.0 Å². The van der Waals surface area contributed by atoms with E-state index in [1.807, 2.05) is 35.9 Å². The Balaban J connectivity index is 2.02. The first-order valence-corrected chi connectivity index (χ1v) is 7.13. The maximum atomic E-state index is 8.98. The summed E-state index contributed by atoms with van der Waals surface area (Å²) in [7, 11) is 1.95. The zero-order valence-electron chi connectivity index (χ0n) is 11.3. The van der Waals surface area contributed by atoms with E-state index < -0.39 is 0 Å². The van der Waals surface area contributed by atoms with Gasteiger partial charge in [-0.2, -0.15) is 5.26 Å². The Labute approximate surface area is 132 Å². The number of hydrogen-bond donors (Lipinski definition) is 0. The van der Waals surface area contributed by atoms with Crippen LogP contribution in [0.2, 0.25) is 10.0 Å². The molecule has 3 nitrogen and oxygen atoms in total. The number of aromatic nitrogens is 2. The van der Waals surface area contributed by atoms with Crippen LogP contribution in [-0.2, 0) is 13.5 Å². The van der Waals surface area contributed by atoms with Gasteiger partial charge in [0, 0.05) is 13.5 Å². The van der Waals surface area contributed by atoms with E-state index in [0.717, 1.165) is 22.4 Å². The second-order valence-corrected chi connectivity index (χ2v) is 5.64. The molecule has 0 N–H and O–H groups in total. The second kappa shape index (κ2) is 5.40. The van der Waals surface area contributed by atoms with E-state index in [-0.39, 0.29) is 0 Å². The Kier molecular flexibility index (Phi) is 3.59. The summed E-state index contributed by atoms with van der Waals surface area (Å²) in [4.78, 5) is 4.61. The van der Waals surface area contributed by atoms with E-state index in [1.165, 1.54) is 0 Å². The summed E-state index contributed by atoms with van der Waals surface area (Å²) in [5.74, 6) is 0.915. The largest absolute Gasteiger partial charge is 0.331 e. The fourth-order valence-corrected chi connectivity index (χ4v) is 2.62. The molecule has 0 bridgehead atoms. The Morgan fingerprint density at radius 2 is 1.95 bits per heavy atom. The summed E-state index contributed by atoms with van der Waals surface area (Å²) in [6.07, 6.45) is 0.657. The van der Waals surface area contributed by atoms with Crippen molar-refractivity contribution in [2.24, 2.45) is 7.05 Å². The van der Waals surface area contributed by atoms with Gasteiger partial charge in [0.05, 0.1) is 32.7 Å². The number of nitriles is 1. The first kappa shape index (κ1) is 13.9. The molecule has 2 aromatic carbocycles. The lowest BCUT2D eigenvalue weighted by molar-refractivity contribution is 0.844. The molecule has 5 heteroatoms. The van der Waals surface area contributed by atoms with E-state index in [4.69, 9.17) is 28.5 Å². The molecule has 0 fully saturated rings. The van der Waals surface area contributed by atoms with Crippen LogP contribution < -0.4 is 0 Å². The van der Waals surface area contributed by atoms with Crippen molar-refractivity contribution in [1.82, 2.24) is 9.55 Å². The van der Waals surface area contributed by atoms with E-state index in [2.05, 4.69) is 11.1 Å². The normalized spacial score (nSPS) is 10.8. The standard InChI is InChI=1S/C16H11Cl2N3/c1-21-15-7-11(9-19)3-5-14(15)20-16(21)8-10-2-4-12(17)13(18)6-10/h2-7H,8H2,1H3. The molecule has 3 rings (SSSR count). The van der Waals surface area contributed by atoms with E-state index in [9.17, 15) is 0 Å². The third-order valence-corrected chi connectivity index (χ3v) is 4.19. The van der Waals surface area contributed by atoms with Crippen molar-refractivity contribution in [2.75, 3.05) is 0 Å². The van der Waals surface area contributed by atoms with Gasteiger partial charge in [0.25, 0.3) is 0 Å². The maximum absolute atomic E-state index is 8.98. The molecule has 0 saturated carbocycles. The Morgan fingerprint density at radius 3 is 2.67 bits per heavy atom. The van der Waals surface area contributed by atoms with Crippen molar-refractivity contribution in [3.8, 4) is 6.07 Å². The van der Waals surface area contributed by atoms with Gasteiger partial charge in [-0.1, -0.05) is 29.3 Å². The van der Waals surface area contributed by atoms with Gasteiger partial charge in [0.15, 0.2) is 0 Å². The molecule has 0 spiro atoms. The monoisotopic (exact) mass is 315 g/mol. The van der Waals surface area contributed by atoms with Gasteiger partial charge in [0.2, 0.25) is 0 Å². The predicted octanol–water partition coefficient (Wildman–Crippen LogP) is 4.34. The highest BCUT2D eigenvalue weighted by Gasteiger charge is 2.10. The summed E-state index contributed by atoms with van der Waals surface area (Å²) >= 11 is 12.0. The third kappa shape index (κ3) is 2.61. The summed E-state index contributed by atoms with van der Waals surface area (Å²) in [5.41, 5.74) is 3.51. The van der Waals surface area contributed by atoms with E-state index in [1.54, 1.807) is 12.1 Å². The van der Waals surface area contributed by atoms with Crippen LogP contribution in [0, 0.1) is 11.3 Å². The first-order chi connectivity index (χ1) is 10.1. The van der Waals surface area contributed by atoms with Gasteiger partial charge in [-0.05, 0) is 35.9 Å². The van der Waals surface area contributed by atoms with Crippen molar-refractivity contribution in [3.05, 3.63) is 63.4 Å². The third-order valence-electron chi connectivity index (χ3n) is 3.45. The molecular weight excluding hydrogens is 305 g/mol. The second-order valence-electron chi connectivity index (χ2n) is 4.83. The fourth-order valence-electron chi connectivity index (χ4n) is 2.30. The number of nitrogens with zero attached hydrogens (tertiary/aromatic N) is 3. The molecule has 3 aromatic rings. The van der Waals surface area contributed by atoms with Gasteiger partial charge in [-0.25, -0.2) is 4.98 Å².